The molecule has 6 aliphatic rings. The maximum absolute atomic E-state index is 13.8. The molecule has 0 spiro atoms. The Morgan fingerprint density at radius 3 is 2.18 bits per heavy atom. The van der Waals surface area contributed by atoms with E-state index < -0.39 is 29.7 Å². The van der Waals surface area contributed by atoms with E-state index in [9.17, 15) is 29.2 Å². The average Bonchev–Trinajstić information content (AvgIpc) is 3.68. The highest BCUT2D eigenvalue weighted by molar-refractivity contribution is 6.31. The Morgan fingerprint density at radius 2 is 1.49 bits per heavy atom. The lowest BCUT2D eigenvalue weighted by molar-refractivity contribution is -0.199. The topological polar surface area (TPSA) is 143 Å². The van der Waals surface area contributed by atoms with Crippen LogP contribution in [0.25, 0.3) is 0 Å². The number of fused-ring (bicyclic) bond motifs is 2. The van der Waals surface area contributed by atoms with Gasteiger partial charge in [0.25, 0.3) is 17.7 Å². The number of rotatable bonds is 6. The van der Waals surface area contributed by atoms with Gasteiger partial charge in [-0.1, -0.05) is 51.1 Å². The van der Waals surface area contributed by atoms with Crippen molar-refractivity contribution in [1.82, 2.24) is 20.0 Å². The molecule has 5 aliphatic heterocycles. The number of halogens is 1. The Hall–Kier alpha value is -5.69. The van der Waals surface area contributed by atoms with Crippen molar-refractivity contribution in [3.8, 4) is 23.7 Å². The van der Waals surface area contributed by atoms with Gasteiger partial charge in [-0.05, 0) is 99.3 Å². The lowest BCUT2D eigenvalue weighted by Crippen LogP contribution is -2.74. The lowest BCUT2D eigenvalue weighted by atomic mass is 9.49. The van der Waals surface area contributed by atoms with Crippen LogP contribution in [-0.2, 0) is 16.1 Å². The monoisotopic (exact) mass is 840 g/mol. The van der Waals surface area contributed by atoms with Gasteiger partial charge < -0.3 is 19.4 Å². The van der Waals surface area contributed by atoms with Crippen molar-refractivity contribution in [2.24, 2.45) is 16.7 Å². The van der Waals surface area contributed by atoms with Crippen LogP contribution in [0.15, 0.2) is 54.6 Å². The summed E-state index contributed by atoms with van der Waals surface area (Å²) in [6.45, 7) is 12.7. The minimum absolute atomic E-state index is 0.0379. The number of carbonyl (C=O) groups is 5. The van der Waals surface area contributed by atoms with Crippen LogP contribution in [0.1, 0.15) is 114 Å². The number of nitriles is 1. The summed E-state index contributed by atoms with van der Waals surface area (Å²) >= 11 is 6.30. The first-order chi connectivity index (χ1) is 29.1. The van der Waals surface area contributed by atoms with Gasteiger partial charge in [-0.2, -0.15) is 5.26 Å². The van der Waals surface area contributed by atoms with Gasteiger partial charge in [-0.25, -0.2) is 0 Å². The number of nitrogens with zero attached hydrogens (tertiary/aromatic N) is 5. The maximum Gasteiger partial charge on any atom is 0.262 e. The van der Waals surface area contributed by atoms with Crippen LogP contribution >= 0.6 is 11.6 Å². The minimum atomic E-state index is -0.976. The van der Waals surface area contributed by atoms with Crippen molar-refractivity contribution in [1.29, 1.82) is 5.26 Å². The molecule has 0 aromatic heterocycles. The lowest BCUT2D eigenvalue weighted by Gasteiger charge is -2.65. The number of amides is 5. The highest BCUT2D eigenvalue weighted by Crippen LogP contribution is 2.59. The maximum atomic E-state index is 13.8. The summed E-state index contributed by atoms with van der Waals surface area (Å²) in [7, 11) is 0. The molecule has 0 bridgehead atoms. The normalized spacial score (nSPS) is 25.0. The van der Waals surface area contributed by atoms with E-state index in [1.165, 1.54) is 0 Å². The number of piperidine rings is 3. The molecule has 3 aromatic rings. The van der Waals surface area contributed by atoms with Gasteiger partial charge in [0.1, 0.15) is 24.0 Å². The Labute approximate surface area is 361 Å². The molecule has 5 heterocycles. The van der Waals surface area contributed by atoms with E-state index in [4.69, 9.17) is 16.3 Å². The summed E-state index contributed by atoms with van der Waals surface area (Å²) in [5.41, 5.74) is 3.88. The van der Waals surface area contributed by atoms with Crippen molar-refractivity contribution in [2.45, 2.75) is 97.0 Å². The number of benzene rings is 3. The molecule has 1 aliphatic carbocycles. The first-order valence-corrected chi connectivity index (χ1v) is 21.7. The minimum Gasteiger partial charge on any atom is -0.489 e. The molecule has 12 nitrogen and oxygen atoms in total. The Kier molecular flexibility index (Phi) is 10.2. The quantitative estimate of drug-likeness (QED) is 0.227. The van der Waals surface area contributed by atoms with Crippen LogP contribution in [0, 0.1) is 39.9 Å². The van der Waals surface area contributed by atoms with E-state index >= 15 is 0 Å². The molecule has 61 heavy (non-hydrogen) atoms. The number of likely N-dealkylation sites (tertiary alicyclic amines) is 1. The fourth-order valence-electron chi connectivity index (χ4n) is 11.4. The summed E-state index contributed by atoms with van der Waals surface area (Å²) in [5, 5.41) is 11.9. The molecule has 1 unspecified atom stereocenters. The second-order valence-electron chi connectivity index (χ2n) is 18.6. The highest BCUT2D eigenvalue weighted by atomic mass is 35.5. The Bertz CT molecular complexity index is 2470. The number of ether oxygens (including phenoxy) is 1. The van der Waals surface area contributed by atoms with Gasteiger partial charge in [-0.15, -0.1) is 0 Å². The zero-order valence-electron chi connectivity index (χ0n) is 34.9. The molecule has 314 valence electrons. The van der Waals surface area contributed by atoms with Gasteiger partial charge >= 0.3 is 0 Å². The van der Waals surface area contributed by atoms with Gasteiger partial charge in [0.15, 0.2) is 0 Å². The standard InChI is InChI=1S/C48H49ClN6O6/c1-47(2)45(48(3,4)46(47)61-34-10-8-30(26-50)38(49)25-34)54-27-31-23-29(7-11-35(31)42(54)58)6-5-28-15-19-52(20-16-28)32-17-21-53(22-18-32)33-9-12-36-37(24-33)44(60)55(43(36)59)39-13-14-40(56)51-41(39)57/h7-12,23-25,28,32,39,45-46H,13-22,27H2,1-4H3,(H,51,56,57)/t39?,45-,46-. The van der Waals surface area contributed by atoms with Crippen LogP contribution in [0.2, 0.25) is 5.02 Å². The van der Waals surface area contributed by atoms with E-state index in [2.05, 4.69) is 66.8 Å². The number of hydrogen-bond donors (Lipinski definition) is 1. The summed E-state index contributed by atoms with van der Waals surface area (Å²) < 4.78 is 6.48. The number of imide groups is 2. The van der Waals surface area contributed by atoms with Crippen LogP contribution in [0.5, 0.6) is 5.75 Å². The van der Waals surface area contributed by atoms with E-state index in [0.29, 0.717) is 46.0 Å². The molecule has 1 saturated carbocycles. The van der Waals surface area contributed by atoms with Crippen LogP contribution < -0.4 is 15.0 Å². The molecule has 3 aromatic carbocycles. The van der Waals surface area contributed by atoms with Crippen LogP contribution in [-0.4, -0.2) is 94.6 Å². The zero-order chi connectivity index (χ0) is 43.0. The molecule has 5 amide bonds. The number of nitrogens with one attached hydrogen (secondary N) is 1. The Balaban J connectivity index is 0.770. The molecule has 1 atom stereocenters. The average molecular weight is 841 g/mol. The Morgan fingerprint density at radius 1 is 0.787 bits per heavy atom. The molecule has 9 rings (SSSR count). The first-order valence-electron chi connectivity index (χ1n) is 21.3. The van der Waals surface area contributed by atoms with Gasteiger partial charge in [0.2, 0.25) is 11.8 Å². The van der Waals surface area contributed by atoms with Crippen molar-refractivity contribution >= 4 is 46.8 Å². The van der Waals surface area contributed by atoms with E-state index in [1.54, 1.807) is 30.3 Å². The second kappa shape index (κ2) is 15.3. The molecule has 13 heteroatoms. The molecule has 4 fully saturated rings. The number of anilines is 1. The predicted molar refractivity (Wildman–Crippen MR) is 228 cm³/mol. The van der Waals surface area contributed by atoms with Gasteiger partial charge in [0.05, 0.1) is 21.7 Å². The molecule has 1 N–H and O–H groups in total. The number of carbonyl (C=O) groups excluding carboxylic acids is 5. The summed E-state index contributed by atoms with van der Waals surface area (Å²) in [6, 6.07) is 18.0. The third-order valence-electron chi connectivity index (χ3n) is 14.0. The van der Waals surface area contributed by atoms with Crippen LogP contribution in [0.4, 0.5) is 5.69 Å². The van der Waals surface area contributed by atoms with Gasteiger partial charge in [0, 0.05) is 77.8 Å². The van der Waals surface area contributed by atoms with E-state index in [0.717, 1.165) is 79.1 Å². The SMILES string of the molecule is CC1(C)[C@H](Oc2ccc(C#N)c(Cl)c2)C(C)(C)[C@H]1N1Cc2cc(C#CC3CCN(C4CCN(c5ccc6c(c5)C(=O)N(C5CCC(=O)NC5=O)C6=O)CC4)CC3)ccc2C1=O. The van der Waals surface area contributed by atoms with Crippen molar-refractivity contribution in [3.63, 3.8) is 0 Å². The molecule has 0 radical (unpaired) electrons. The zero-order valence-corrected chi connectivity index (χ0v) is 35.7. The largest absolute Gasteiger partial charge is 0.489 e. The highest BCUT2D eigenvalue weighted by Gasteiger charge is 2.67. The van der Waals surface area contributed by atoms with E-state index in [1.807, 2.05) is 23.1 Å². The predicted octanol–water partition coefficient (Wildman–Crippen LogP) is 6.18. The second-order valence-corrected chi connectivity index (χ2v) is 19.0. The first kappa shape index (κ1) is 40.7. The fraction of sp³-hybridized carbons (Fsp3) is 0.458. The van der Waals surface area contributed by atoms with E-state index in [-0.39, 0.29) is 41.7 Å². The third-order valence-corrected chi connectivity index (χ3v) is 14.4. The van der Waals surface area contributed by atoms with Crippen molar-refractivity contribution < 1.29 is 28.7 Å². The summed E-state index contributed by atoms with van der Waals surface area (Å²) in [6.07, 6.45) is 4.02. The van der Waals surface area contributed by atoms with Gasteiger partial charge in [-0.3, -0.25) is 34.2 Å². The van der Waals surface area contributed by atoms with Crippen molar-refractivity contribution in [2.75, 3.05) is 31.1 Å². The fourth-order valence-corrected chi connectivity index (χ4v) is 11.6. The molecule has 3 saturated heterocycles. The van der Waals surface area contributed by atoms with Crippen LogP contribution in [0.3, 0.4) is 0 Å². The smallest absolute Gasteiger partial charge is 0.262 e. The summed E-state index contributed by atoms with van der Waals surface area (Å²) in [5.74, 6) is 5.96. The number of hydrogen-bond acceptors (Lipinski definition) is 9. The third kappa shape index (κ3) is 7.04. The summed E-state index contributed by atoms with van der Waals surface area (Å²) in [4.78, 5) is 72.4. The molecular weight excluding hydrogens is 792 g/mol. The van der Waals surface area contributed by atoms with Crippen molar-refractivity contribution in [3.05, 3.63) is 93.0 Å². The molecular formula is C48H49ClN6O6.